The minimum atomic E-state index is 0.457. The summed E-state index contributed by atoms with van der Waals surface area (Å²) in [5, 5.41) is 9.99. The molecule has 0 aliphatic carbocycles. The van der Waals surface area contributed by atoms with E-state index >= 15 is 0 Å². The molecule has 0 unspecified atom stereocenters. The summed E-state index contributed by atoms with van der Waals surface area (Å²) in [6, 6.07) is 6.25. The van der Waals surface area contributed by atoms with Crippen molar-refractivity contribution < 1.29 is 5.11 Å². The highest BCUT2D eigenvalue weighted by atomic mass is 16.3. The molecule has 0 bridgehead atoms. The van der Waals surface area contributed by atoms with E-state index in [1.54, 1.807) is 0 Å². The van der Waals surface area contributed by atoms with Gasteiger partial charge in [-0.05, 0) is 48.9 Å². The molecular weight excluding hydrogens is 304 g/mol. The number of unbranched alkanes of at least 4 members (excludes halogenated alkanes) is 12. The van der Waals surface area contributed by atoms with Crippen molar-refractivity contribution in [1.29, 1.82) is 0 Å². The van der Waals surface area contributed by atoms with Gasteiger partial charge in [-0.1, -0.05) is 97.0 Å². The Morgan fingerprint density at radius 1 is 0.520 bits per heavy atom. The number of benzene rings is 1. The standard InChI is InChI=1S/C24H42O/c1-3-5-7-9-11-13-15-17-22-19-23(21-24(25)20-22)18-16-14-12-10-8-6-4-2/h19-21,25H,3-18H2,1-2H3. The van der Waals surface area contributed by atoms with Crippen LogP contribution >= 0.6 is 0 Å². The van der Waals surface area contributed by atoms with Crippen molar-refractivity contribution in [3.05, 3.63) is 29.3 Å². The molecule has 1 heteroatoms. The molecule has 0 aromatic heterocycles. The molecule has 0 saturated heterocycles. The van der Waals surface area contributed by atoms with Gasteiger partial charge in [0, 0.05) is 0 Å². The normalized spacial score (nSPS) is 11.1. The lowest BCUT2D eigenvalue weighted by Crippen LogP contribution is -1.92. The number of phenolic OH excluding ortho intramolecular Hbond substituents is 1. The zero-order chi connectivity index (χ0) is 18.2. The Balaban J connectivity index is 2.19. The predicted molar refractivity (Wildman–Crippen MR) is 112 cm³/mol. The summed E-state index contributed by atoms with van der Waals surface area (Å²) >= 11 is 0. The predicted octanol–water partition coefficient (Wildman–Crippen LogP) is 7.98. The second kappa shape index (κ2) is 15.3. The summed E-state index contributed by atoms with van der Waals surface area (Å²) in [4.78, 5) is 0. The number of rotatable bonds is 16. The van der Waals surface area contributed by atoms with Gasteiger partial charge in [0.05, 0.1) is 0 Å². The first-order chi connectivity index (χ1) is 12.3. The van der Waals surface area contributed by atoms with E-state index in [-0.39, 0.29) is 0 Å². The largest absolute Gasteiger partial charge is 0.508 e. The Morgan fingerprint density at radius 2 is 0.880 bits per heavy atom. The highest BCUT2D eigenvalue weighted by molar-refractivity contribution is 5.33. The van der Waals surface area contributed by atoms with Crippen LogP contribution in [0.25, 0.3) is 0 Å². The van der Waals surface area contributed by atoms with Gasteiger partial charge in [0.15, 0.2) is 0 Å². The van der Waals surface area contributed by atoms with E-state index in [0.717, 1.165) is 12.8 Å². The average Bonchev–Trinajstić information content (AvgIpc) is 2.60. The van der Waals surface area contributed by atoms with Crippen LogP contribution in [0.1, 0.15) is 115 Å². The Morgan fingerprint density at radius 3 is 1.28 bits per heavy atom. The van der Waals surface area contributed by atoms with Crippen molar-refractivity contribution in [3.63, 3.8) is 0 Å². The first-order valence-electron chi connectivity index (χ1n) is 11.1. The lowest BCUT2D eigenvalue weighted by molar-refractivity contribution is 0.473. The van der Waals surface area contributed by atoms with Crippen molar-refractivity contribution in [3.8, 4) is 5.75 Å². The fourth-order valence-electron chi connectivity index (χ4n) is 3.60. The topological polar surface area (TPSA) is 20.2 Å². The van der Waals surface area contributed by atoms with Crippen molar-refractivity contribution in [2.45, 2.75) is 117 Å². The van der Waals surface area contributed by atoms with Crippen LogP contribution < -0.4 is 0 Å². The third-order valence-electron chi connectivity index (χ3n) is 5.18. The molecule has 0 atom stereocenters. The van der Waals surface area contributed by atoms with Crippen molar-refractivity contribution in [1.82, 2.24) is 0 Å². The lowest BCUT2D eigenvalue weighted by Gasteiger charge is -2.08. The number of hydrogen-bond acceptors (Lipinski definition) is 1. The maximum Gasteiger partial charge on any atom is 0.116 e. The third-order valence-corrected chi connectivity index (χ3v) is 5.18. The Kier molecular flexibility index (Phi) is 13.5. The SMILES string of the molecule is CCCCCCCCCc1cc(O)cc(CCCCCCCCC)c1. The number of aryl methyl sites for hydroxylation is 2. The molecule has 0 spiro atoms. The lowest BCUT2D eigenvalue weighted by atomic mass is 9.99. The van der Waals surface area contributed by atoms with E-state index < -0.39 is 0 Å². The average molecular weight is 347 g/mol. The zero-order valence-electron chi connectivity index (χ0n) is 17.0. The second-order valence-electron chi connectivity index (χ2n) is 7.75. The van der Waals surface area contributed by atoms with E-state index in [1.807, 2.05) is 12.1 Å². The molecule has 1 nitrogen and oxygen atoms in total. The molecule has 0 fully saturated rings. The van der Waals surface area contributed by atoms with Crippen LogP contribution in [0.2, 0.25) is 0 Å². The van der Waals surface area contributed by atoms with Crippen molar-refractivity contribution in [2.24, 2.45) is 0 Å². The van der Waals surface area contributed by atoms with Crippen LogP contribution in [0.5, 0.6) is 5.75 Å². The summed E-state index contributed by atoms with van der Waals surface area (Å²) in [7, 11) is 0. The van der Waals surface area contributed by atoms with Crippen LogP contribution in [-0.2, 0) is 12.8 Å². The molecule has 1 aromatic carbocycles. The van der Waals surface area contributed by atoms with Crippen molar-refractivity contribution >= 4 is 0 Å². The maximum atomic E-state index is 9.99. The summed E-state index contributed by atoms with van der Waals surface area (Å²) in [5.41, 5.74) is 2.65. The molecule has 0 heterocycles. The fourth-order valence-corrected chi connectivity index (χ4v) is 3.60. The van der Waals surface area contributed by atoms with Crippen LogP contribution in [0.3, 0.4) is 0 Å². The minimum Gasteiger partial charge on any atom is -0.508 e. The molecular formula is C24H42O. The third kappa shape index (κ3) is 12.1. The minimum absolute atomic E-state index is 0.457. The van der Waals surface area contributed by atoms with Gasteiger partial charge in [0.2, 0.25) is 0 Å². The molecule has 1 N–H and O–H groups in total. The van der Waals surface area contributed by atoms with Gasteiger partial charge >= 0.3 is 0 Å². The van der Waals surface area contributed by atoms with Crippen LogP contribution in [0.15, 0.2) is 18.2 Å². The van der Waals surface area contributed by atoms with E-state index in [4.69, 9.17) is 0 Å². The van der Waals surface area contributed by atoms with Gasteiger partial charge in [-0.2, -0.15) is 0 Å². The molecule has 0 saturated carbocycles. The van der Waals surface area contributed by atoms with Crippen LogP contribution in [-0.4, -0.2) is 5.11 Å². The first kappa shape index (κ1) is 22.1. The fraction of sp³-hybridized carbons (Fsp3) is 0.750. The molecule has 0 aliphatic rings. The van der Waals surface area contributed by atoms with Gasteiger partial charge in [0.25, 0.3) is 0 Å². The van der Waals surface area contributed by atoms with Crippen LogP contribution in [0.4, 0.5) is 0 Å². The van der Waals surface area contributed by atoms with Gasteiger partial charge in [-0.25, -0.2) is 0 Å². The van der Waals surface area contributed by atoms with Gasteiger partial charge in [-0.3, -0.25) is 0 Å². The number of aromatic hydroxyl groups is 1. The monoisotopic (exact) mass is 346 g/mol. The molecule has 0 radical (unpaired) electrons. The van der Waals surface area contributed by atoms with E-state index in [9.17, 15) is 5.11 Å². The highest BCUT2D eigenvalue weighted by Crippen LogP contribution is 2.20. The van der Waals surface area contributed by atoms with E-state index in [2.05, 4.69) is 19.9 Å². The number of phenols is 1. The van der Waals surface area contributed by atoms with E-state index in [1.165, 1.54) is 101 Å². The first-order valence-corrected chi connectivity index (χ1v) is 11.1. The van der Waals surface area contributed by atoms with E-state index in [0.29, 0.717) is 5.75 Å². The molecule has 25 heavy (non-hydrogen) atoms. The summed E-state index contributed by atoms with van der Waals surface area (Å²) in [5.74, 6) is 0.457. The Bertz CT molecular complexity index is 388. The quantitative estimate of drug-likeness (QED) is 0.301. The number of hydrogen-bond donors (Lipinski definition) is 1. The van der Waals surface area contributed by atoms with Crippen LogP contribution in [0, 0.1) is 0 Å². The molecule has 1 aromatic rings. The molecule has 0 amide bonds. The maximum absolute atomic E-state index is 9.99. The smallest absolute Gasteiger partial charge is 0.116 e. The van der Waals surface area contributed by atoms with Crippen molar-refractivity contribution in [2.75, 3.05) is 0 Å². The zero-order valence-corrected chi connectivity index (χ0v) is 17.0. The second-order valence-corrected chi connectivity index (χ2v) is 7.75. The highest BCUT2D eigenvalue weighted by Gasteiger charge is 2.02. The molecule has 0 aliphatic heterocycles. The Hall–Kier alpha value is -0.980. The summed E-state index contributed by atoms with van der Waals surface area (Å²) in [6.07, 6.45) is 21.1. The Labute approximate surface area is 157 Å². The van der Waals surface area contributed by atoms with Gasteiger partial charge in [-0.15, -0.1) is 0 Å². The molecule has 1 rings (SSSR count). The summed E-state index contributed by atoms with van der Waals surface area (Å²) in [6.45, 7) is 4.54. The van der Waals surface area contributed by atoms with Gasteiger partial charge < -0.3 is 5.11 Å². The van der Waals surface area contributed by atoms with Gasteiger partial charge in [0.1, 0.15) is 5.75 Å². The summed E-state index contributed by atoms with van der Waals surface area (Å²) < 4.78 is 0. The molecule has 144 valence electrons.